The molecule has 0 saturated heterocycles. The van der Waals surface area contributed by atoms with Crippen molar-refractivity contribution in [3.05, 3.63) is 134 Å². The van der Waals surface area contributed by atoms with Gasteiger partial charge in [-0.05, 0) is 60.7 Å². The van der Waals surface area contributed by atoms with Crippen LogP contribution in [0.5, 0.6) is 11.5 Å². The minimum atomic E-state index is 0.731. The molecule has 5 heterocycles. The third kappa shape index (κ3) is 3.64. The highest BCUT2D eigenvalue weighted by Crippen LogP contribution is 2.35. The van der Waals surface area contributed by atoms with E-state index in [1.165, 1.54) is 5.39 Å². The summed E-state index contributed by atoms with van der Waals surface area (Å²) in [5.74, 6) is 2.35. The first kappa shape index (κ1) is 22.3. The van der Waals surface area contributed by atoms with E-state index in [0.29, 0.717) is 0 Å². The molecule has 0 saturated carbocycles. The molecular weight excluding hydrogens is 496 g/mol. The molecule has 40 heavy (non-hydrogen) atoms. The molecule has 8 rings (SSSR count). The van der Waals surface area contributed by atoms with Crippen LogP contribution in [0.15, 0.2) is 134 Å². The van der Waals surface area contributed by atoms with Gasteiger partial charge in [-0.3, -0.25) is 9.55 Å². The van der Waals surface area contributed by atoms with Crippen molar-refractivity contribution in [3.63, 3.8) is 0 Å². The van der Waals surface area contributed by atoms with Crippen molar-refractivity contribution in [3.8, 4) is 28.7 Å². The maximum Gasteiger partial charge on any atom is 0.137 e. The Balaban J connectivity index is 1.17. The number of fused-ring (bicyclic) bond motifs is 4. The zero-order valence-corrected chi connectivity index (χ0v) is 21.3. The third-order valence-corrected chi connectivity index (χ3v) is 7.15. The molecule has 7 heteroatoms. The Morgan fingerprint density at radius 1 is 0.600 bits per heavy atom. The van der Waals surface area contributed by atoms with E-state index in [0.717, 1.165) is 56.1 Å². The predicted octanol–water partition coefficient (Wildman–Crippen LogP) is 7.50. The lowest BCUT2D eigenvalue weighted by Crippen LogP contribution is -1.97. The van der Waals surface area contributed by atoms with E-state index in [2.05, 4.69) is 55.5 Å². The molecule has 0 unspecified atom stereocenters. The highest BCUT2D eigenvalue weighted by Gasteiger charge is 2.14. The first-order chi connectivity index (χ1) is 19.8. The van der Waals surface area contributed by atoms with Crippen molar-refractivity contribution in [1.82, 2.24) is 28.9 Å². The maximum absolute atomic E-state index is 6.40. The third-order valence-electron chi connectivity index (χ3n) is 7.15. The lowest BCUT2D eigenvalue weighted by atomic mass is 10.1. The molecule has 0 aliphatic rings. The molecule has 5 aromatic heterocycles. The van der Waals surface area contributed by atoms with Crippen LogP contribution in [0.2, 0.25) is 0 Å². The van der Waals surface area contributed by atoms with Gasteiger partial charge in [-0.2, -0.15) is 5.10 Å². The summed E-state index contributed by atoms with van der Waals surface area (Å²) in [5.41, 5.74) is 6.04. The van der Waals surface area contributed by atoms with Crippen LogP contribution in [0.4, 0.5) is 0 Å². The quantitative estimate of drug-likeness (QED) is 0.237. The normalized spacial score (nSPS) is 11.5. The van der Waals surface area contributed by atoms with Gasteiger partial charge in [-0.25, -0.2) is 9.67 Å². The number of rotatable bonds is 5. The van der Waals surface area contributed by atoms with Crippen molar-refractivity contribution in [1.29, 1.82) is 0 Å². The molecule has 7 nitrogen and oxygen atoms in total. The summed E-state index contributed by atoms with van der Waals surface area (Å²) in [5, 5.41) is 7.13. The molecule has 0 spiro atoms. The molecule has 8 aromatic rings. The summed E-state index contributed by atoms with van der Waals surface area (Å²) in [4.78, 5) is 8.75. The summed E-state index contributed by atoms with van der Waals surface area (Å²) < 4.78 is 12.6. The molecule has 0 aliphatic heterocycles. The zero-order chi connectivity index (χ0) is 26.5. The largest absolute Gasteiger partial charge is 0.457 e. The topological polar surface area (TPSA) is 62.7 Å². The molecule has 0 bridgehead atoms. The number of pyridine rings is 2. The van der Waals surface area contributed by atoms with Gasteiger partial charge in [0.05, 0.1) is 28.4 Å². The number of hydrogen-bond acceptors (Lipinski definition) is 4. The second kappa shape index (κ2) is 8.96. The molecule has 0 aliphatic carbocycles. The van der Waals surface area contributed by atoms with Gasteiger partial charge in [0, 0.05) is 53.4 Å². The number of benzene rings is 3. The Labute approximate surface area is 229 Å². The van der Waals surface area contributed by atoms with Crippen LogP contribution in [-0.4, -0.2) is 28.9 Å². The Morgan fingerprint density at radius 3 is 2.35 bits per heavy atom. The first-order valence-corrected chi connectivity index (χ1v) is 13.0. The Bertz CT molecular complexity index is 2140. The van der Waals surface area contributed by atoms with Gasteiger partial charge < -0.3 is 9.30 Å². The number of hydrogen-bond donors (Lipinski definition) is 0. The first-order valence-electron chi connectivity index (χ1n) is 13.0. The van der Waals surface area contributed by atoms with Gasteiger partial charge in [-0.1, -0.05) is 30.3 Å². The zero-order valence-electron chi connectivity index (χ0n) is 21.3. The van der Waals surface area contributed by atoms with E-state index >= 15 is 0 Å². The van der Waals surface area contributed by atoms with Crippen molar-refractivity contribution in [2.24, 2.45) is 0 Å². The highest BCUT2D eigenvalue weighted by molar-refractivity contribution is 6.09. The minimum absolute atomic E-state index is 0.731. The van der Waals surface area contributed by atoms with Gasteiger partial charge in [-0.15, -0.1) is 0 Å². The fraction of sp³-hybridized carbons (Fsp3) is 0. The van der Waals surface area contributed by atoms with Gasteiger partial charge in [0.15, 0.2) is 0 Å². The summed E-state index contributed by atoms with van der Waals surface area (Å²) in [6.07, 6.45) is 9.46. The van der Waals surface area contributed by atoms with Gasteiger partial charge in [0.25, 0.3) is 0 Å². The van der Waals surface area contributed by atoms with Crippen LogP contribution in [-0.2, 0) is 0 Å². The molecule has 0 atom stereocenters. The van der Waals surface area contributed by atoms with Gasteiger partial charge in [0.2, 0.25) is 0 Å². The van der Waals surface area contributed by atoms with E-state index in [-0.39, 0.29) is 0 Å². The molecule has 0 fully saturated rings. The molecule has 0 amide bonds. The number of aromatic nitrogens is 6. The lowest BCUT2D eigenvalue weighted by molar-refractivity contribution is 0.483. The molecule has 0 radical (unpaired) electrons. The Morgan fingerprint density at radius 2 is 1.45 bits per heavy atom. The van der Waals surface area contributed by atoms with Crippen LogP contribution in [0.25, 0.3) is 50.0 Å². The van der Waals surface area contributed by atoms with Crippen LogP contribution in [0.1, 0.15) is 0 Å². The van der Waals surface area contributed by atoms with Crippen LogP contribution >= 0.6 is 0 Å². The average molecular weight is 519 g/mol. The van der Waals surface area contributed by atoms with Gasteiger partial charge >= 0.3 is 0 Å². The molecule has 190 valence electrons. The Kier molecular flexibility index (Phi) is 4.99. The van der Waals surface area contributed by atoms with Crippen LogP contribution < -0.4 is 4.74 Å². The number of nitrogens with zero attached hydrogens (tertiary/aromatic N) is 6. The van der Waals surface area contributed by atoms with Crippen molar-refractivity contribution in [2.45, 2.75) is 0 Å². The van der Waals surface area contributed by atoms with Gasteiger partial charge in [0.1, 0.15) is 22.8 Å². The SMILES string of the molecule is c1ccc(-n2c3ccccc3c3ccc(Oc4cccc(-n5cc6c(ccn6-c6ccncc6)n5)c4)cc32)nc1. The van der Waals surface area contributed by atoms with E-state index in [9.17, 15) is 0 Å². The molecule has 3 aromatic carbocycles. The summed E-state index contributed by atoms with van der Waals surface area (Å²) >= 11 is 0. The van der Waals surface area contributed by atoms with Crippen LogP contribution in [0, 0.1) is 0 Å². The lowest BCUT2D eigenvalue weighted by Gasteiger charge is -2.10. The highest BCUT2D eigenvalue weighted by atomic mass is 16.5. The summed E-state index contributed by atoms with van der Waals surface area (Å²) in [7, 11) is 0. The van der Waals surface area contributed by atoms with Crippen molar-refractivity contribution in [2.75, 3.05) is 0 Å². The molecule has 0 N–H and O–H groups in total. The molecular formula is C33H22N6O. The average Bonchev–Trinajstić information content (AvgIpc) is 3.69. The van der Waals surface area contributed by atoms with E-state index in [1.807, 2.05) is 90.0 Å². The summed E-state index contributed by atoms with van der Waals surface area (Å²) in [6.45, 7) is 0. The standard InChI is InChI=1S/C33H22N6O/c1-2-9-30-27(8-1)28-12-11-26(21-31(28)39(30)33-10-3-4-16-35-33)40-25-7-5-6-24(20-25)38-22-32-29(36-38)15-19-37(32)23-13-17-34-18-14-23/h1-22H. The predicted molar refractivity (Wildman–Crippen MR) is 157 cm³/mol. The minimum Gasteiger partial charge on any atom is -0.457 e. The number of ether oxygens (including phenoxy) is 1. The Hall–Kier alpha value is -5.69. The van der Waals surface area contributed by atoms with E-state index in [1.54, 1.807) is 12.4 Å². The van der Waals surface area contributed by atoms with E-state index < -0.39 is 0 Å². The fourth-order valence-corrected chi connectivity index (χ4v) is 5.34. The number of para-hydroxylation sites is 1. The van der Waals surface area contributed by atoms with Crippen LogP contribution in [0.3, 0.4) is 0 Å². The monoisotopic (exact) mass is 518 g/mol. The maximum atomic E-state index is 6.40. The fourth-order valence-electron chi connectivity index (χ4n) is 5.34. The second-order valence-electron chi connectivity index (χ2n) is 9.55. The second-order valence-corrected chi connectivity index (χ2v) is 9.55. The van der Waals surface area contributed by atoms with Crippen molar-refractivity contribution >= 4 is 32.8 Å². The van der Waals surface area contributed by atoms with Crippen molar-refractivity contribution < 1.29 is 4.74 Å². The van der Waals surface area contributed by atoms with E-state index in [4.69, 9.17) is 9.84 Å². The smallest absolute Gasteiger partial charge is 0.137 e. The summed E-state index contributed by atoms with van der Waals surface area (Å²) in [6, 6.07) is 34.5.